The molecule has 0 radical (unpaired) electrons. The lowest BCUT2D eigenvalue weighted by Gasteiger charge is -2.32. The first-order valence-electron chi connectivity index (χ1n) is 51.5. The molecule has 5 aliphatic rings. The van der Waals surface area contributed by atoms with Crippen LogP contribution in [0.2, 0.25) is 25.1 Å². The molecule has 0 saturated carbocycles. The lowest BCUT2D eigenvalue weighted by atomic mass is 10.0. The maximum Gasteiger partial charge on any atom is 0.407 e. The zero-order valence-electron chi connectivity index (χ0n) is 85.4. The number of aromatic nitrogens is 5. The van der Waals surface area contributed by atoms with Crippen LogP contribution < -0.4 is 10.1 Å². The number of nitrogens with zero attached hydrogens (tertiary/aromatic N) is 10. The molecule has 5 fully saturated rings. The van der Waals surface area contributed by atoms with Crippen molar-refractivity contribution in [2.75, 3.05) is 98.2 Å². The maximum atomic E-state index is 13.6. The summed E-state index contributed by atoms with van der Waals surface area (Å²) in [6.07, 6.45) is 13.3. The van der Waals surface area contributed by atoms with Crippen molar-refractivity contribution >= 4 is 148 Å². The third kappa shape index (κ3) is 25.5. The van der Waals surface area contributed by atoms with Gasteiger partial charge in [-0.25, -0.2) is 4.79 Å². The number of carbonyl (C=O) groups excluding carboxylic acids is 6. The summed E-state index contributed by atoms with van der Waals surface area (Å²) in [6.45, 7) is 29.1. The summed E-state index contributed by atoms with van der Waals surface area (Å²) in [5, 5.41) is 21.0. The van der Waals surface area contributed by atoms with E-state index in [-0.39, 0.29) is 47.2 Å². The molecule has 16 aromatic rings. The number of hydrogen-bond donors (Lipinski definition) is 2. The average molecular weight is 2070 g/mol. The molecule has 11 aromatic carbocycles. The van der Waals surface area contributed by atoms with Crippen LogP contribution in [-0.2, 0) is 4.74 Å². The van der Waals surface area contributed by atoms with Crippen molar-refractivity contribution in [1.82, 2.24) is 52.7 Å². The molecule has 5 aliphatic heterocycles. The van der Waals surface area contributed by atoms with E-state index >= 15 is 0 Å². The predicted octanol–water partition coefficient (Wildman–Crippen LogP) is 27.9. The van der Waals surface area contributed by atoms with Crippen LogP contribution in [0.15, 0.2) is 261 Å². The van der Waals surface area contributed by atoms with Crippen LogP contribution in [0.3, 0.4) is 0 Å². The Balaban J connectivity index is 0.000000126. The Morgan fingerprint density at radius 2 is 0.578 bits per heavy atom. The van der Waals surface area contributed by atoms with Gasteiger partial charge in [0.25, 0.3) is 0 Å². The highest BCUT2D eigenvalue weighted by molar-refractivity contribution is 6.32. The highest BCUT2D eigenvalue weighted by Gasteiger charge is 2.33. The van der Waals surface area contributed by atoms with Crippen molar-refractivity contribution in [1.29, 1.82) is 0 Å². The van der Waals surface area contributed by atoms with Crippen molar-refractivity contribution in [3.63, 3.8) is 0 Å². The minimum absolute atomic E-state index is 0.0646. The molecule has 0 unspecified atom stereocenters. The molecule has 10 heterocycles. The number of benzene rings is 11. The van der Waals surface area contributed by atoms with E-state index in [0.717, 1.165) is 249 Å². The lowest BCUT2D eigenvalue weighted by Crippen LogP contribution is -2.47. The van der Waals surface area contributed by atoms with Crippen LogP contribution in [0.1, 0.15) is 190 Å². The van der Waals surface area contributed by atoms with Crippen molar-refractivity contribution in [2.24, 2.45) is 0 Å². The summed E-state index contributed by atoms with van der Waals surface area (Å²) in [5.41, 5.74) is 19.7. The SMILES string of the molecule is Cc1c(C(=O)CN2CCC(NC(=O)OC(C)(C)C)CC2)c2ccccc2n1-c1ccc(Cl)cc1.Cc1c(C(=O)CN2CCC(O)CC2)c2ccccc2n1-c1ccc(Cl)cc1.Cc1c(C(=O)CN2CCCCC2)c2cc(Oc3ccccc3)ccc2n1-c1ccc(Cl)cc1.Cc1c(C(=O)CN2CCCCC2)c2ccccc2n1-c1ccc(Cl)cc1.Cc1ccc2c(C(=O)CN3CCCCC3)c(C)n(-c3ccc(Cl)cc3)c2c1. The van der Waals surface area contributed by atoms with Gasteiger partial charge in [-0.3, -0.25) is 48.5 Å². The number of hydrogen-bond acceptors (Lipinski definition) is 14. The Hall–Kier alpha value is -12.3. The minimum atomic E-state index is -0.514. The number of piperidine rings is 5. The van der Waals surface area contributed by atoms with E-state index in [1.807, 2.05) is 286 Å². The van der Waals surface area contributed by atoms with E-state index in [2.05, 4.69) is 89.9 Å². The largest absolute Gasteiger partial charge is 0.457 e. The summed E-state index contributed by atoms with van der Waals surface area (Å²) < 4.78 is 22.2. The van der Waals surface area contributed by atoms with Crippen molar-refractivity contribution in [3.05, 3.63) is 348 Å². The van der Waals surface area contributed by atoms with Gasteiger partial charge in [-0.05, 0) is 347 Å². The van der Waals surface area contributed by atoms with Crippen LogP contribution in [0.4, 0.5) is 4.79 Å². The molecule has 5 saturated heterocycles. The number of likely N-dealkylation sites (tertiary alicyclic amines) is 5. The fraction of sp³-hybridized carbons (Fsp3) is 0.328. The Labute approximate surface area is 886 Å². The van der Waals surface area contributed by atoms with Crippen LogP contribution in [-0.4, -0.2) is 203 Å². The number of halogens is 5. The Morgan fingerprint density at radius 1 is 0.299 bits per heavy atom. The molecule has 2 N–H and O–H groups in total. The molecule has 25 heteroatoms. The summed E-state index contributed by atoms with van der Waals surface area (Å²) >= 11 is 30.4. The van der Waals surface area contributed by atoms with Gasteiger partial charge in [0.1, 0.15) is 17.1 Å². The third-order valence-electron chi connectivity index (χ3n) is 28.7. The number of rotatable bonds is 23. The van der Waals surface area contributed by atoms with Crippen LogP contribution >= 0.6 is 58.0 Å². The molecular weight excluding hydrogens is 1940 g/mol. The van der Waals surface area contributed by atoms with Crippen LogP contribution in [0.25, 0.3) is 83.0 Å². The number of Topliss-reactive ketones (excluding diaryl/α,β-unsaturated/α-hetero) is 5. The summed E-state index contributed by atoms with van der Waals surface area (Å²) in [4.78, 5) is 89.9. The fourth-order valence-electron chi connectivity index (χ4n) is 21.6. The molecule has 0 aliphatic carbocycles. The molecular formula is C122H130Cl5N11O9. The molecule has 1 amide bonds. The van der Waals surface area contributed by atoms with E-state index in [4.69, 9.17) is 67.5 Å². The molecule has 0 atom stereocenters. The first-order chi connectivity index (χ1) is 70.9. The first-order valence-corrected chi connectivity index (χ1v) is 53.4. The number of fused-ring (bicyclic) bond motifs is 5. The van der Waals surface area contributed by atoms with E-state index in [9.17, 15) is 33.9 Å². The van der Waals surface area contributed by atoms with Gasteiger partial charge >= 0.3 is 6.09 Å². The van der Waals surface area contributed by atoms with Crippen molar-refractivity contribution in [2.45, 2.75) is 164 Å². The Bertz CT molecular complexity index is 7370. The molecule has 5 aromatic heterocycles. The second kappa shape index (κ2) is 48.4. The summed E-state index contributed by atoms with van der Waals surface area (Å²) in [6, 6.07) is 85.0. The van der Waals surface area contributed by atoms with Gasteiger partial charge in [-0.15, -0.1) is 0 Å². The smallest absolute Gasteiger partial charge is 0.407 e. The number of aryl methyl sites for hydroxylation is 1. The first kappa shape index (κ1) is 106. The average Bonchev–Trinajstić information content (AvgIpc) is 1.59. The zero-order valence-corrected chi connectivity index (χ0v) is 89.1. The minimum Gasteiger partial charge on any atom is -0.457 e. The van der Waals surface area contributed by atoms with Crippen molar-refractivity contribution < 1.29 is 43.3 Å². The highest BCUT2D eigenvalue weighted by Crippen LogP contribution is 2.40. The van der Waals surface area contributed by atoms with Crippen molar-refractivity contribution in [3.8, 4) is 39.9 Å². The number of nitrogens with one attached hydrogen (secondary N) is 1. The molecule has 21 rings (SSSR count). The molecule has 147 heavy (non-hydrogen) atoms. The van der Waals surface area contributed by atoms with Gasteiger partial charge < -0.3 is 42.7 Å². The Kier molecular flexibility index (Phi) is 34.9. The molecule has 20 nitrogen and oxygen atoms in total. The molecule has 0 bridgehead atoms. The van der Waals surface area contributed by atoms with E-state index in [0.29, 0.717) is 63.6 Å². The number of ether oxygens (including phenoxy) is 2. The van der Waals surface area contributed by atoms with Gasteiger partial charge in [-0.1, -0.05) is 162 Å². The van der Waals surface area contributed by atoms with E-state index < -0.39 is 5.60 Å². The van der Waals surface area contributed by atoms with Gasteiger partial charge in [0.2, 0.25) is 0 Å². The summed E-state index contributed by atoms with van der Waals surface area (Å²) in [5.74, 6) is 2.32. The van der Waals surface area contributed by atoms with Gasteiger partial charge in [-0.2, -0.15) is 0 Å². The number of alkyl carbamates (subject to hydrolysis) is 1. The van der Waals surface area contributed by atoms with Gasteiger partial charge in [0.15, 0.2) is 28.9 Å². The normalized spacial score (nSPS) is 15.3. The zero-order chi connectivity index (χ0) is 103. The fourth-order valence-corrected chi connectivity index (χ4v) is 22.3. The monoisotopic (exact) mass is 2070 g/mol. The Morgan fingerprint density at radius 3 is 0.905 bits per heavy atom. The van der Waals surface area contributed by atoms with Crippen LogP contribution in [0, 0.1) is 41.5 Å². The second-order valence-corrected chi connectivity index (χ2v) is 42.5. The number of ketones is 5. The lowest BCUT2D eigenvalue weighted by molar-refractivity contribution is 0.0475. The quantitative estimate of drug-likeness (QED) is 0.0574. The number of aliphatic hydroxyl groups is 1. The van der Waals surface area contributed by atoms with Crippen LogP contribution in [0.5, 0.6) is 11.5 Å². The number of amides is 1. The van der Waals surface area contributed by atoms with Gasteiger partial charge in [0.05, 0.1) is 66.4 Å². The standard InChI is InChI=1S/C28H27ClN2O2.C27H32ClN3O3.C23H25ClN2O.C22H23ClN2O2.C22H23ClN2O/c1-20-28(27(32)19-30-16-6-3-7-17-30)25-18-24(33-23-8-4-2-5-9-23)14-15-26(25)31(20)22-12-10-21(29)11-13-22;1-18-25(22-7-5-6-8-23(22)31(18)21-11-9-19(28)10-12-21)24(32)17-30-15-13-20(14-16-30)29-26(33)34-27(2,3)4;1-16-6-11-20-21(14-16)26(19-9-7-18(24)8-10-19)17(2)23(20)22(27)15-25-12-4-3-5-13-25;1-15-22(21(27)14-24-12-10-18(26)11-13-24)19-4-2-3-5-20(19)25(15)17-8-6-16(23)7-9-17;1-16-22(21(26)15-24-13-5-2-6-14-24)19-7-3-4-8-20(19)25(16)18-11-9-17(23)10-12-18/h2,4-5,8-15,18H,3,6-7,16-17,19H2,1H3;5-12,20H,13-17H2,1-4H3,(H,29,33);6-11,14H,3-5,12-13,15H2,1-2H3;2-9,18,26H,10-14H2,1H3;3-4,7-12H,2,5-6,13-15H2,1H3. The van der Waals surface area contributed by atoms with E-state index in [1.54, 1.807) is 0 Å². The highest BCUT2D eigenvalue weighted by atomic mass is 35.5. The predicted molar refractivity (Wildman–Crippen MR) is 599 cm³/mol. The van der Waals surface area contributed by atoms with E-state index in [1.165, 1.54) is 50.5 Å². The molecule has 0 spiro atoms. The molecule has 762 valence electrons. The summed E-state index contributed by atoms with van der Waals surface area (Å²) in [7, 11) is 0. The second-order valence-electron chi connectivity index (χ2n) is 40.4. The topological polar surface area (TPSA) is 194 Å². The van der Waals surface area contributed by atoms with Gasteiger partial charge in [0, 0.05) is 169 Å². The number of aliphatic hydroxyl groups excluding tert-OH is 1. The number of carbonyl (C=O) groups is 6. The third-order valence-corrected chi connectivity index (χ3v) is 30.0. The maximum absolute atomic E-state index is 13.6. The number of para-hydroxylation sites is 4.